The first-order valence-electron chi connectivity index (χ1n) is 6.74. The van der Waals surface area contributed by atoms with Crippen LogP contribution >= 0.6 is 15.9 Å². The Hall–Kier alpha value is -1.35. The van der Waals surface area contributed by atoms with E-state index < -0.39 is 0 Å². The smallest absolute Gasteiger partial charge is 0.126 e. The molecule has 0 spiro atoms. The number of alkyl halides is 1. The van der Waals surface area contributed by atoms with Crippen molar-refractivity contribution in [3.63, 3.8) is 0 Å². The number of benzene rings is 2. The van der Waals surface area contributed by atoms with Crippen molar-refractivity contribution in [3.05, 3.63) is 64.5 Å². The van der Waals surface area contributed by atoms with Crippen LogP contribution in [-0.4, -0.2) is 6.10 Å². The maximum Gasteiger partial charge on any atom is 0.126 e. The summed E-state index contributed by atoms with van der Waals surface area (Å²) in [6, 6.07) is 11.5. The van der Waals surface area contributed by atoms with Gasteiger partial charge in [0.05, 0.1) is 4.83 Å². The van der Waals surface area contributed by atoms with E-state index in [1.807, 2.05) is 18.2 Å². The highest BCUT2D eigenvalue weighted by Gasteiger charge is 2.21. The van der Waals surface area contributed by atoms with Crippen LogP contribution in [0.1, 0.15) is 34.0 Å². The number of hydrogen-bond donors (Lipinski definition) is 0. The fourth-order valence-electron chi connectivity index (χ4n) is 2.62. The van der Waals surface area contributed by atoms with Crippen molar-refractivity contribution in [1.82, 2.24) is 0 Å². The van der Waals surface area contributed by atoms with Crippen LogP contribution in [0.3, 0.4) is 0 Å². The Morgan fingerprint density at radius 2 is 1.90 bits per heavy atom. The lowest BCUT2D eigenvalue weighted by Gasteiger charge is -2.13. The molecule has 0 radical (unpaired) electrons. The number of fused-ring (bicyclic) bond motifs is 1. The summed E-state index contributed by atoms with van der Waals surface area (Å²) in [6.45, 7) is 3.87. The lowest BCUT2D eigenvalue weighted by Crippen LogP contribution is -2.05. The summed E-state index contributed by atoms with van der Waals surface area (Å²) in [6.07, 6.45) is 1.20. The van der Waals surface area contributed by atoms with Crippen LogP contribution in [-0.2, 0) is 6.42 Å². The van der Waals surface area contributed by atoms with Gasteiger partial charge in [-0.2, -0.15) is 0 Å². The minimum Gasteiger partial charge on any atom is -0.490 e. The molecule has 0 bridgehead atoms. The Morgan fingerprint density at radius 3 is 2.65 bits per heavy atom. The van der Waals surface area contributed by atoms with Gasteiger partial charge in [-0.25, -0.2) is 4.39 Å². The average molecular weight is 335 g/mol. The highest BCUT2D eigenvalue weighted by Crippen LogP contribution is 2.36. The standard InChI is InChI=1S/C17H16BrFO/c1-10-7-12(3-5-15(10)19)17(18)13-4-6-16-14(9-13)8-11(2)20-16/h3-7,9,11,17H,8H2,1-2H3. The lowest BCUT2D eigenvalue weighted by atomic mass is 10.00. The van der Waals surface area contributed by atoms with Gasteiger partial charge in [0.1, 0.15) is 17.7 Å². The van der Waals surface area contributed by atoms with Crippen LogP contribution in [0.25, 0.3) is 0 Å². The van der Waals surface area contributed by atoms with Crippen LogP contribution in [0, 0.1) is 12.7 Å². The summed E-state index contributed by atoms with van der Waals surface area (Å²) in [7, 11) is 0. The minimum atomic E-state index is -0.162. The van der Waals surface area contributed by atoms with E-state index in [1.165, 1.54) is 17.2 Å². The molecule has 1 aliphatic heterocycles. The Balaban J connectivity index is 1.93. The molecule has 1 nitrogen and oxygen atoms in total. The van der Waals surface area contributed by atoms with Crippen LogP contribution in [0.15, 0.2) is 36.4 Å². The van der Waals surface area contributed by atoms with Gasteiger partial charge in [0.25, 0.3) is 0 Å². The van der Waals surface area contributed by atoms with E-state index >= 15 is 0 Å². The summed E-state index contributed by atoms with van der Waals surface area (Å²) < 4.78 is 19.1. The topological polar surface area (TPSA) is 9.23 Å². The molecule has 0 N–H and O–H groups in total. The Morgan fingerprint density at radius 1 is 1.20 bits per heavy atom. The number of aryl methyl sites for hydroxylation is 1. The van der Waals surface area contributed by atoms with Crippen LogP contribution in [0.2, 0.25) is 0 Å². The molecular weight excluding hydrogens is 319 g/mol. The van der Waals surface area contributed by atoms with E-state index in [2.05, 4.69) is 35.0 Å². The molecule has 2 unspecified atom stereocenters. The SMILES string of the molecule is Cc1cc(C(Br)c2ccc3c(c2)CC(C)O3)ccc1F. The van der Waals surface area contributed by atoms with E-state index in [0.717, 1.165) is 17.7 Å². The van der Waals surface area contributed by atoms with Gasteiger partial charge in [-0.3, -0.25) is 0 Å². The molecule has 3 heteroatoms. The first-order chi connectivity index (χ1) is 9.54. The predicted molar refractivity (Wildman–Crippen MR) is 82.1 cm³/mol. The van der Waals surface area contributed by atoms with Crippen LogP contribution in [0.4, 0.5) is 4.39 Å². The maximum atomic E-state index is 13.4. The van der Waals surface area contributed by atoms with Gasteiger partial charge in [-0.1, -0.05) is 40.2 Å². The van der Waals surface area contributed by atoms with Crippen molar-refractivity contribution in [2.24, 2.45) is 0 Å². The molecule has 104 valence electrons. The second-order valence-corrected chi connectivity index (χ2v) is 6.29. The third kappa shape index (κ3) is 2.47. The van der Waals surface area contributed by atoms with Crippen molar-refractivity contribution in [2.75, 3.05) is 0 Å². The molecule has 2 aromatic carbocycles. The van der Waals surface area contributed by atoms with Crippen molar-refractivity contribution in [3.8, 4) is 5.75 Å². The van der Waals surface area contributed by atoms with Gasteiger partial charge in [0, 0.05) is 6.42 Å². The number of rotatable bonds is 2. The normalized spacial score (nSPS) is 18.5. The van der Waals surface area contributed by atoms with E-state index in [9.17, 15) is 4.39 Å². The highest BCUT2D eigenvalue weighted by molar-refractivity contribution is 9.09. The molecule has 0 amide bonds. The number of ether oxygens (including phenoxy) is 1. The molecule has 0 aliphatic carbocycles. The Bertz CT molecular complexity index is 653. The van der Waals surface area contributed by atoms with Crippen LogP contribution in [0.5, 0.6) is 5.75 Å². The molecular formula is C17H16BrFO. The van der Waals surface area contributed by atoms with E-state index in [1.54, 1.807) is 6.92 Å². The van der Waals surface area contributed by atoms with Gasteiger partial charge >= 0.3 is 0 Å². The molecule has 2 aromatic rings. The summed E-state index contributed by atoms with van der Waals surface area (Å²) in [5.41, 5.74) is 4.16. The van der Waals surface area contributed by atoms with E-state index in [4.69, 9.17) is 4.74 Å². The monoisotopic (exact) mass is 334 g/mol. The van der Waals surface area contributed by atoms with Gasteiger partial charge in [-0.15, -0.1) is 0 Å². The summed E-state index contributed by atoms with van der Waals surface area (Å²) in [5.74, 6) is 0.820. The third-order valence-electron chi connectivity index (χ3n) is 3.69. The van der Waals surface area contributed by atoms with Gasteiger partial charge in [-0.05, 0) is 48.2 Å². The average Bonchev–Trinajstić information content (AvgIpc) is 2.80. The molecule has 0 aromatic heterocycles. The summed E-state index contributed by atoms with van der Waals surface area (Å²) >= 11 is 3.71. The molecule has 1 aliphatic rings. The van der Waals surface area contributed by atoms with Crippen LogP contribution < -0.4 is 4.74 Å². The largest absolute Gasteiger partial charge is 0.490 e. The van der Waals surface area contributed by atoms with E-state index in [0.29, 0.717) is 5.56 Å². The maximum absolute atomic E-state index is 13.4. The Labute approximate surface area is 126 Å². The zero-order valence-corrected chi connectivity index (χ0v) is 13.1. The zero-order chi connectivity index (χ0) is 14.3. The number of hydrogen-bond acceptors (Lipinski definition) is 1. The second kappa shape index (κ2) is 5.21. The van der Waals surface area contributed by atoms with Crippen molar-refractivity contribution < 1.29 is 9.13 Å². The first kappa shape index (κ1) is 13.6. The quantitative estimate of drug-likeness (QED) is 0.706. The zero-order valence-electron chi connectivity index (χ0n) is 11.5. The molecule has 1 heterocycles. The summed E-state index contributed by atoms with van der Waals surface area (Å²) in [4.78, 5) is 0.0722. The Kier molecular flexibility index (Phi) is 3.55. The van der Waals surface area contributed by atoms with Gasteiger partial charge < -0.3 is 4.74 Å². The lowest BCUT2D eigenvalue weighted by molar-refractivity contribution is 0.254. The molecule has 0 saturated heterocycles. The van der Waals surface area contributed by atoms with E-state index in [-0.39, 0.29) is 16.7 Å². The first-order valence-corrected chi connectivity index (χ1v) is 7.66. The van der Waals surface area contributed by atoms with Crippen molar-refractivity contribution in [1.29, 1.82) is 0 Å². The fourth-order valence-corrected chi connectivity index (χ4v) is 3.19. The summed E-state index contributed by atoms with van der Waals surface area (Å²) in [5, 5.41) is 0. The molecule has 3 rings (SSSR count). The fraction of sp³-hybridized carbons (Fsp3) is 0.294. The molecule has 0 fully saturated rings. The van der Waals surface area contributed by atoms with Crippen molar-refractivity contribution >= 4 is 15.9 Å². The molecule has 0 saturated carbocycles. The number of halogens is 2. The van der Waals surface area contributed by atoms with Crippen molar-refractivity contribution in [2.45, 2.75) is 31.2 Å². The molecule has 2 atom stereocenters. The minimum absolute atomic E-state index is 0.0722. The predicted octanol–water partition coefficient (Wildman–Crippen LogP) is 4.94. The van der Waals surface area contributed by atoms with Gasteiger partial charge in [0.2, 0.25) is 0 Å². The third-order valence-corrected chi connectivity index (χ3v) is 4.74. The second-order valence-electron chi connectivity index (χ2n) is 5.37. The van der Waals surface area contributed by atoms with Gasteiger partial charge in [0.15, 0.2) is 0 Å². The molecule has 20 heavy (non-hydrogen) atoms. The highest BCUT2D eigenvalue weighted by atomic mass is 79.9.